The number of fused-ring (bicyclic) bond motifs is 3. The van der Waals surface area contributed by atoms with Crippen molar-refractivity contribution in [2.75, 3.05) is 17.6 Å². The summed E-state index contributed by atoms with van der Waals surface area (Å²) in [5.74, 6) is 0.985. The van der Waals surface area contributed by atoms with Gasteiger partial charge in [0.2, 0.25) is 0 Å². The highest BCUT2D eigenvalue weighted by atomic mass is 32.2. The van der Waals surface area contributed by atoms with E-state index in [2.05, 4.69) is 26.8 Å². The number of phenols is 1. The normalized spacial score (nSPS) is 14.7. The maximum Gasteiger partial charge on any atom is 0.170 e. The fourth-order valence-corrected chi connectivity index (χ4v) is 5.57. The molecule has 0 saturated carbocycles. The molecule has 0 saturated heterocycles. The van der Waals surface area contributed by atoms with Crippen molar-refractivity contribution in [3.05, 3.63) is 78.1 Å². The maximum atomic E-state index is 14.3. The van der Waals surface area contributed by atoms with Crippen LogP contribution in [0.25, 0.3) is 33.7 Å². The van der Waals surface area contributed by atoms with Gasteiger partial charge in [-0.2, -0.15) is 0 Å². The number of rotatable bonds is 6. The number of anilines is 1. The summed E-state index contributed by atoms with van der Waals surface area (Å²) in [6.45, 7) is 2.61. The van der Waals surface area contributed by atoms with E-state index in [1.54, 1.807) is 42.1 Å². The lowest BCUT2D eigenvalue weighted by molar-refractivity contribution is 0.476. The predicted octanol–water partition coefficient (Wildman–Crippen LogP) is 5.86. The molecule has 2 aromatic carbocycles. The standard InChI is InChI=1S/C27H22F2N6OS/c1-15-14-37-27-32-23-25(33-24(34-26(23)35(15)27)17-11-18(28)13-30-12-17)31-9-8-16-6-7-22(36)20(10-16)19-4-2-3-5-21(19)29/h2-7,10-13,15,36H,8-9,14H2,1H3,(H,31,33,34)/t15-/m1/s1. The van der Waals surface area contributed by atoms with Crippen LogP contribution >= 0.6 is 11.8 Å². The minimum Gasteiger partial charge on any atom is -0.507 e. The summed E-state index contributed by atoms with van der Waals surface area (Å²) >= 11 is 1.67. The number of nitrogens with zero attached hydrogens (tertiary/aromatic N) is 5. The van der Waals surface area contributed by atoms with Gasteiger partial charge in [0.1, 0.15) is 17.4 Å². The molecular formula is C27H22F2N6OS. The third-order valence-electron chi connectivity index (χ3n) is 6.30. The molecule has 1 aliphatic rings. The molecule has 6 rings (SSSR count). The van der Waals surface area contributed by atoms with Crippen LogP contribution in [-0.2, 0) is 6.42 Å². The van der Waals surface area contributed by atoms with E-state index in [1.807, 2.05) is 6.07 Å². The lowest BCUT2D eigenvalue weighted by atomic mass is 10.00. The lowest BCUT2D eigenvalue weighted by Gasteiger charge is -2.12. The predicted molar refractivity (Wildman–Crippen MR) is 140 cm³/mol. The summed E-state index contributed by atoms with van der Waals surface area (Å²) in [5.41, 5.74) is 3.53. The molecule has 1 atom stereocenters. The smallest absolute Gasteiger partial charge is 0.170 e. The van der Waals surface area contributed by atoms with E-state index in [1.165, 1.54) is 18.3 Å². The van der Waals surface area contributed by atoms with Gasteiger partial charge < -0.3 is 10.4 Å². The van der Waals surface area contributed by atoms with Crippen LogP contribution in [0.1, 0.15) is 18.5 Å². The fraction of sp³-hybridized carbons (Fsp3) is 0.185. The Kier molecular flexibility index (Phi) is 5.96. The number of imidazole rings is 1. The van der Waals surface area contributed by atoms with E-state index in [0.29, 0.717) is 52.5 Å². The molecule has 0 radical (unpaired) electrons. The summed E-state index contributed by atoms with van der Waals surface area (Å²) in [6.07, 6.45) is 3.26. The van der Waals surface area contributed by atoms with Crippen LogP contribution in [0.5, 0.6) is 5.75 Å². The van der Waals surface area contributed by atoms with Crippen molar-refractivity contribution >= 4 is 28.7 Å². The number of nitrogens with one attached hydrogen (secondary N) is 1. The Bertz CT molecular complexity index is 1640. The molecule has 5 aromatic rings. The monoisotopic (exact) mass is 516 g/mol. The third-order valence-corrected chi connectivity index (χ3v) is 7.49. The van der Waals surface area contributed by atoms with E-state index in [4.69, 9.17) is 9.97 Å². The number of aromatic nitrogens is 5. The highest BCUT2D eigenvalue weighted by Crippen LogP contribution is 2.38. The summed E-state index contributed by atoms with van der Waals surface area (Å²) in [7, 11) is 0. The minimum absolute atomic E-state index is 0.0202. The molecule has 10 heteroatoms. The Labute approximate surface area is 215 Å². The highest BCUT2D eigenvalue weighted by molar-refractivity contribution is 7.99. The van der Waals surface area contributed by atoms with Crippen molar-refractivity contribution in [2.45, 2.75) is 24.5 Å². The molecule has 7 nitrogen and oxygen atoms in total. The zero-order valence-electron chi connectivity index (χ0n) is 19.8. The SMILES string of the molecule is C[C@@H]1CSc2nc3c(NCCc4ccc(O)c(-c5ccccc5F)c4)nc(-c4cncc(F)c4)nc3n21. The molecule has 186 valence electrons. The number of thioether (sulfide) groups is 1. The van der Waals surface area contributed by atoms with Gasteiger partial charge in [0.25, 0.3) is 0 Å². The number of aromatic hydroxyl groups is 1. The van der Waals surface area contributed by atoms with Crippen molar-refractivity contribution in [1.82, 2.24) is 24.5 Å². The molecule has 0 fully saturated rings. The van der Waals surface area contributed by atoms with E-state index in [-0.39, 0.29) is 11.8 Å². The average molecular weight is 517 g/mol. The Hall–Kier alpha value is -4.05. The van der Waals surface area contributed by atoms with Gasteiger partial charge in [-0.3, -0.25) is 9.55 Å². The highest BCUT2D eigenvalue weighted by Gasteiger charge is 2.27. The van der Waals surface area contributed by atoms with Gasteiger partial charge in [-0.05, 0) is 43.2 Å². The van der Waals surface area contributed by atoms with Crippen molar-refractivity contribution in [1.29, 1.82) is 0 Å². The Morgan fingerprint density at radius 3 is 2.76 bits per heavy atom. The molecular weight excluding hydrogens is 494 g/mol. The lowest BCUT2D eigenvalue weighted by Crippen LogP contribution is -2.09. The van der Waals surface area contributed by atoms with Gasteiger partial charge in [0.05, 0.1) is 6.20 Å². The Morgan fingerprint density at radius 2 is 1.92 bits per heavy atom. The number of benzene rings is 2. The van der Waals surface area contributed by atoms with Crippen molar-refractivity contribution in [3.63, 3.8) is 0 Å². The first-order valence-electron chi connectivity index (χ1n) is 11.8. The number of pyridine rings is 1. The molecule has 1 aliphatic heterocycles. The fourth-order valence-electron chi connectivity index (χ4n) is 4.47. The zero-order chi connectivity index (χ0) is 25.5. The first-order chi connectivity index (χ1) is 18.0. The Morgan fingerprint density at radius 1 is 1.05 bits per heavy atom. The van der Waals surface area contributed by atoms with Crippen LogP contribution in [0, 0.1) is 11.6 Å². The van der Waals surface area contributed by atoms with Gasteiger partial charge in [0, 0.05) is 41.2 Å². The summed E-state index contributed by atoms with van der Waals surface area (Å²) in [5, 5.41) is 14.6. The summed E-state index contributed by atoms with van der Waals surface area (Å²) in [4.78, 5) is 18.1. The topological polar surface area (TPSA) is 88.8 Å². The van der Waals surface area contributed by atoms with Crippen molar-refractivity contribution in [3.8, 4) is 28.3 Å². The molecule has 0 spiro atoms. The third kappa shape index (κ3) is 4.37. The molecule has 3 aromatic heterocycles. The van der Waals surface area contributed by atoms with Crippen LogP contribution in [0.4, 0.5) is 14.6 Å². The van der Waals surface area contributed by atoms with Gasteiger partial charge in [-0.1, -0.05) is 36.0 Å². The second kappa shape index (κ2) is 9.44. The molecule has 0 bridgehead atoms. The van der Waals surface area contributed by atoms with Crippen LogP contribution < -0.4 is 5.32 Å². The quantitative estimate of drug-likeness (QED) is 0.292. The van der Waals surface area contributed by atoms with Crippen LogP contribution in [0.2, 0.25) is 0 Å². The molecule has 37 heavy (non-hydrogen) atoms. The van der Waals surface area contributed by atoms with Crippen LogP contribution in [0.3, 0.4) is 0 Å². The number of halogens is 2. The Balaban J connectivity index is 1.31. The zero-order valence-corrected chi connectivity index (χ0v) is 20.6. The average Bonchev–Trinajstić information content (AvgIpc) is 3.45. The molecule has 0 unspecified atom stereocenters. The molecule has 0 amide bonds. The van der Waals surface area contributed by atoms with Crippen molar-refractivity contribution < 1.29 is 13.9 Å². The summed E-state index contributed by atoms with van der Waals surface area (Å²) < 4.78 is 30.3. The van der Waals surface area contributed by atoms with Gasteiger partial charge in [0.15, 0.2) is 28.0 Å². The molecule has 2 N–H and O–H groups in total. The van der Waals surface area contributed by atoms with E-state index >= 15 is 0 Å². The largest absolute Gasteiger partial charge is 0.507 e. The number of hydrogen-bond acceptors (Lipinski definition) is 7. The molecule has 4 heterocycles. The second-order valence-corrected chi connectivity index (χ2v) is 9.88. The van der Waals surface area contributed by atoms with Gasteiger partial charge >= 0.3 is 0 Å². The van der Waals surface area contributed by atoms with E-state index < -0.39 is 11.6 Å². The second-order valence-electron chi connectivity index (χ2n) is 8.89. The number of hydrogen-bond donors (Lipinski definition) is 2. The molecule has 0 aliphatic carbocycles. The van der Waals surface area contributed by atoms with E-state index in [9.17, 15) is 13.9 Å². The van der Waals surface area contributed by atoms with Crippen LogP contribution in [0.15, 0.2) is 66.1 Å². The first kappa shape index (κ1) is 23.4. The maximum absolute atomic E-state index is 14.3. The van der Waals surface area contributed by atoms with E-state index in [0.717, 1.165) is 22.7 Å². The van der Waals surface area contributed by atoms with Crippen LogP contribution in [-0.4, -0.2) is 41.9 Å². The van der Waals surface area contributed by atoms with Gasteiger partial charge in [-0.25, -0.2) is 23.7 Å². The number of phenolic OH excluding ortho intramolecular Hbond substituents is 1. The minimum atomic E-state index is -0.462. The van der Waals surface area contributed by atoms with Gasteiger partial charge in [-0.15, -0.1) is 0 Å². The van der Waals surface area contributed by atoms with Crippen molar-refractivity contribution in [2.24, 2.45) is 0 Å². The summed E-state index contributed by atoms with van der Waals surface area (Å²) in [6, 6.07) is 13.1. The first-order valence-corrected chi connectivity index (χ1v) is 12.8.